The zero-order valence-electron chi connectivity index (χ0n) is 11.9. The molecule has 8 heteroatoms. The zero-order chi connectivity index (χ0) is 16.0. The fraction of sp³-hybridized carbons (Fsp3) is 0.692. The third-order valence-corrected chi connectivity index (χ3v) is 5.15. The topological polar surface area (TPSA) is 104 Å². The lowest BCUT2D eigenvalue weighted by atomic mass is 10.1. The molecule has 7 nitrogen and oxygen atoms in total. The van der Waals surface area contributed by atoms with E-state index in [1.165, 1.54) is 0 Å². The normalized spacial score (nSPS) is 21.2. The van der Waals surface area contributed by atoms with Crippen LogP contribution in [0.4, 0.5) is 4.79 Å². The summed E-state index contributed by atoms with van der Waals surface area (Å²) in [5.41, 5.74) is 0. The van der Waals surface area contributed by atoms with E-state index in [-0.39, 0.29) is 24.0 Å². The summed E-state index contributed by atoms with van der Waals surface area (Å²) < 4.78 is 23.0. The number of urea groups is 1. The zero-order valence-corrected chi connectivity index (χ0v) is 12.7. The summed E-state index contributed by atoms with van der Waals surface area (Å²) in [6.07, 6.45) is 6.42. The number of carboxylic acid groups (broad SMARTS) is 1. The molecule has 2 unspecified atom stereocenters. The van der Waals surface area contributed by atoms with Crippen molar-refractivity contribution in [2.75, 3.05) is 18.1 Å². The molecule has 0 aromatic carbocycles. The molecule has 1 rings (SSSR count). The van der Waals surface area contributed by atoms with Crippen LogP contribution in [-0.4, -0.2) is 60.6 Å². The monoisotopic (exact) mass is 316 g/mol. The molecule has 118 valence electrons. The number of terminal acetylenes is 1. The predicted octanol–water partition coefficient (Wildman–Crippen LogP) is 0.0716. The van der Waals surface area contributed by atoms with Crippen molar-refractivity contribution in [1.82, 2.24) is 10.2 Å². The van der Waals surface area contributed by atoms with Crippen LogP contribution in [0, 0.1) is 12.3 Å². The Bertz CT molecular complexity index is 537. The molecule has 1 heterocycles. The largest absolute Gasteiger partial charge is 0.480 e. The van der Waals surface area contributed by atoms with Crippen molar-refractivity contribution in [2.24, 2.45) is 0 Å². The number of amides is 2. The summed E-state index contributed by atoms with van der Waals surface area (Å²) in [5.74, 6) is 1.04. The number of nitrogens with one attached hydrogen (secondary N) is 1. The van der Waals surface area contributed by atoms with E-state index in [0.29, 0.717) is 12.8 Å². The number of hydrogen-bond acceptors (Lipinski definition) is 4. The Labute approximate surface area is 124 Å². The van der Waals surface area contributed by atoms with Crippen molar-refractivity contribution in [3.8, 4) is 12.3 Å². The van der Waals surface area contributed by atoms with Crippen molar-refractivity contribution in [2.45, 2.75) is 38.3 Å². The highest BCUT2D eigenvalue weighted by Gasteiger charge is 2.36. The molecular weight excluding hydrogens is 296 g/mol. The van der Waals surface area contributed by atoms with E-state index < -0.39 is 34.4 Å². The molecule has 2 atom stereocenters. The highest BCUT2D eigenvalue weighted by Crippen LogP contribution is 2.18. The molecule has 0 saturated carbocycles. The molecule has 1 fully saturated rings. The summed E-state index contributed by atoms with van der Waals surface area (Å²) >= 11 is 0. The second-order valence-corrected chi connectivity index (χ2v) is 7.27. The second kappa shape index (κ2) is 7.31. The van der Waals surface area contributed by atoms with E-state index in [1.54, 1.807) is 0 Å². The van der Waals surface area contributed by atoms with Crippen LogP contribution in [0.3, 0.4) is 0 Å². The van der Waals surface area contributed by atoms with Gasteiger partial charge >= 0.3 is 12.0 Å². The first-order valence-electron chi connectivity index (χ1n) is 6.72. The molecule has 21 heavy (non-hydrogen) atoms. The smallest absolute Gasteiger partial charge is 0.323 e. The second-order valence-electron chi connectivity index (χ2n) is 5.04. The summed E-state index contributed by atoms with van der Waals surface area (Å²) in [7, 11) is -3.20. The Balaban J connectivity index is 2.80. The third kappa shape index (κ3) is 5.27. The molecule has 1 aliphatic rings. The van der Waals surface area contributed by atoms with Gasteiger partial charge in [0, 0.05) is 18.5 Å². The number of hydrogen-bond donors (Lipinski definition) is 2. The summed E-state index contributed by atoms with van der Waals surface area (Å²) in [4.78, 5) is 24.2. The number of carboxylic acids is 1. The van der Waals surface area contributed by atoms with Gasteiger partial charge in [0.2, 0.25) is 0 Å². The Hall–Kier alpha value is -1.75. The van der Waals surface area contributed by atoms with Crippen LogP contribution >= 0.6 is 0 Å². The standard InChI is InChI=1S/C13H20N2O5S/c1-3-5-10(4-2)14-13(18)15(8-12(16)17)11-6-7-21(19,20)9-11/h1,10-11H,4-9H2,2H3,(H,14,18)(H,16,17). The lowest BCUT2D eigenvalue weighted by molar-refractivity contribution is -0.138. The first-order valence-corrected chi connectivity index (χ1v) is 8.54. The minimum Gasteiger partial charge on any atom is -0.480 e. The highest BCUT2D eigenvalue weighted by atomic mass is 32.2. The average molecular weight is 316 g/mol. The molecule has 0 aliphatic carbocycles. The van der Waals surface area contributed by atoms with Crippen molar-refractivity contribution >= 4 is 21.8 Å². The summed E-state index contributed by atoms with van der Waals surface area (Å²) in [5, 5.41) is 11.6. The minimum atomic E-state index is -3.20. The fourth-order valence-corrected chi connectivity index (χ4v) is 3.96. The van der Waals surface area contributed by atoms with E-state index in [1.807, 2.05) is 6.92 Å². The lowest BCUT2D eigenvalue weighted by Crippen LogP contribution is -2.51. The van der Waals surface area contributed by atoms with Gasteiger partial charge < -0.3 is 15.3 Å². The van der Waals surface area contributed by atoms with Gasteiger partial charge in [0.05, 0.1) is 11.5 Å². The van der Waals surface area contributed by atoms with Gasteiger partial charge in [-0.2, -0.15) is 0 Å². The van der Waals surface area contributed by atoms with Crippen LogP contribution < -0.4 is 5.32 Å². The van der Waals surface area contributed by atoms with E-state index in [0.717, 1.165) is 4.90 Å². The quantitative estimate of drug-likeness (QED) is 0.675. The third-order valence-electron chi connectivity index (χ3n) is 3.40. The number of carbonyl (C=O) groups excluding carboxylic acids is 1. The van der Waals surface area contributed by atoms with E-state index in [9.17, 15) is 18.0 Å². The van der Waals surface area contributed by atoms with Crippen LogP contribution in [0.15, 0.2) is 0 Å². The van der Waals surface area contributed by atoms with Gasteiger partial charge in [-0.05, 0) is 12.8 Å². The van der Waals surface area contributed by atoms with E-state index in [2.05, 4.69) is 11.2 Å². The number of nitrogens with zero attached hydrogens (tertiary/aromatic N) is 1. The summed E-state index contributed by atoms with van der Waals surface area (Å²) in [6.45, 7) is 1.32. The van der Waals surface area contributed by atoms with Gasteiger partial charge in [-0.3, -0.25) is 4.79 Å². The molecular formula is C13H20N2O5S. The van der Waals surface area contributed by atoms with E-state index >= 15 is 0 Å². The van der Waals surface area contributed by atoms with Crippen LogP contribution in [-0.2, 0) is 14.6 Å². The molecule has 0 aromatic rings. The van der Waals surface area contributed by atoms with Crippen LogP contribution in [0.2, 0.25) is 0 Å². The first-order chi connectivity index (χ1) is 9.79. The first kappa shape index (κ1) is 17.3. The van der Waals surface area contributed by atoms with Gasteiger partial charge in [0.25, 0.3) is 0 Å². The molecule has 2 amide bonds. The van der Waals surface area contributed by atoms with Gasteiger partial charge in [-0.25, -0.2) is 13.2 Å². The molecule has 0 aromatic heterocycles. The van der Waals surface area contributed by atoms with Gasteiger partial charge in [0.1, 0.15) is 6.54 Å². The summed E-state index contributed by atoms with van der Waals surface area (Å²) in [6, 6.07) is -1.44. The van der Waals surface area contributed by atoms with Crippen molar-refractivity contribution in [3.05, 3.63) is 0 Å². The molecule has 0 spiro atoms. The lowest BCUT2D eigenvalue weighted by Gasteiger charge is -2.28. The maximum absolute atomic E-state index is 12.2. The van der Waals surface area contributed by atoms with Crippen molar-refractivity contribution in [1.29, 1.82) is 0 Å². The van der Waals surface area contributed by atoms with E-state index in [4.69, 9.17) is 11.5 Å². The Morgan fingerprint density at radius 1 is 1.52 bits per heavy atom. The van der Waals surface area contributed by atoms with Gasteiger partial charge in [-0.1, -0.05) is 6.92 Å². The molecule has 1 saturated heterocycles. The molecule has 0 radical (unpaired) electrons. The Morgan fingerprint density at radius 3 is 2.62 bits per heavy atom. The fourth-order valence-electron chi connectivity index (χ4n) is 2.23. The number of aliphatic carboxylic acids is 1. The van der Waals surface area contributed by atoms with Crippen molar-refractivity contribution in [3.63, 3.8) is 0 Å². The Kier molecular flexibility index (Phi) is 6.03. The van der Waals surface area contributed by atoms with Crippen LogP contribution in [0.1, 0.15) is 26.2 Å². The van der Waals surface area contributed by atoms with Gasteiger partial charge in [0.15, 0.2) is 9.84 Å². The molecule has 2 N–H and O–H groups in total. The average Bonchev–Trinajstić information content (AvgIpc) is 2.75. The highest BCUT2D eigenvalue weighted by molar-refractivity contribution is 7.91. The number of carbonyl (C=O) groups is 2. The van der Waals surface area contributed by atoms with Crippen LogP contribution in [0.5, 0.6) is 0 Å². The van der Waals surface area contributed by atoms with Gasteiger partial charge in [-0.15, -0.1) is 12.3 Å². The molecule has 1 aliphatic heterocycles. The SMILES string of the molecule is C#CCC(CC)NC(=O)N(CC(=O)O)C1CCS(=O)(=O)C1. The van der Waals surface area contributed by atoms with Crippen LogP contribution in [0.25, 0.3) is 0 Å². The number of rotatable bonds is 6. The van der Waals surface area contributed by atoms with Crippen molar-refractivity contribution < 1.29 is 23.1 Å². The number of sulfone groups is 1. The predicted molar refractivity (Wildman–Crippen MR) is 77.5 cm³/mol. The maximum atomic E-state index is 12.2. The maximum Gasteiger partial charge on any atom is 0.323 e. The molecule has 0 bridgehead atoms. The minimum absolute atomic E-state index is 0.0252. The Morgan fingerprint density at radius 2 is 2.19 bits per heavy atom.